The van der Waals surface area contributed by atoms with Crippen LogP contribution in [-0.2, 0) is 11.2 Å². The summed E-state index contributed by atoms with van der Waals surface area (Å²) in [6.45, 7) is 5.66. The van der Waals surface area contributed by atoms with Crippen molar-refractivity contribution >= 4 is 5.78 Å². The van der Waals surface area contributed by atoms with Crippen molar-refractivity contribution in [2.24, 2.45) is 5.41 Å². The molecule has 0 saturated carbocycles. The summed E-state index contributed by atoms with van der Waals surface area (Å²) in [5.41, 5.74) is 0.292. The molecule has 2 heteroatoms. The molecule has 0 bridgehead atoms. The Balaban J connectivity index is 2.59. The molecule has 0 aromatic heterocycles. The number of halogens is 1. The van der Waals surface area contributed by atoms with Crippen molar-refractivity contribution in [1.82, 2.24) is 0 Å². The summed E-state index contributed by atoms with van der Waals surface area (Å²) in [7, 11) is 0. The third-order valence-corrected chi connectivity index (χ3v) is 2.42. The van der Waals surface area contributed by atoms with Crippen LogP contribution in [0.1, 0.15) is 32.8 Å². The lowest BCUT2D eigenvalue weighted by Crippen LogP contribution is -2.20. The first-order chi connectivity index (χ1) is 6.91. The second-order valence-corrected chi connectivity index (χ2v) is 4.76. The van der Waals surface area contributed by atoms with Crippen molar-refractivity contribution in [3.63, 3.8) is 0 Å². The van der Waals surface area contributed by atoms with E-state index in [0.717, 1.165) is 0 Å². The minimum absolute atomic E-state index is 0.172. The number of Topliss-reactive ketones (excluding diaryl/α,β-unsaturated/α-hetero) is 1. The number of hydrogen-bond acceptors (Lipinski definition) is 1. The summed E-state index contributed by atoms with van der Waals surface area (Å²) >= 11 is 0. The van der Waals surface area contributed by atoms with E-state index in [9.17, 15) is 9.18 Å². The Hall–Kier alpha value is -1.18. The maximum Gasteiger partial charge on any atom is 0.138 e. The molecule has 0 N–H and O–H groups in total. The largest absolute Gasteiger partial charge is 0.299 e. The number of aryl methyl sites for hydroxylation is 1. The first-order valence-electron chi connectivity index (χ1n) is 5.18. The van der Waals surface area contributed by atoms with Crippen LogP contribution >= 0.6 is 0 Å². The summed E-state index contributed by atoms with van der Waals surface area (Å²) in [5, 5.41) is 0. The Bertz CT molecular complexity index is 350. The van der Waals surface area contributed by atoms with Crippen molar-refractivity contribution in [3.05, 3.63) is 35.6 Å². The van der Waals surface area contributed by atoms with Gasteiger partial charge in [-0.05, 0) is 18.1 Å². The minimum atomic E-state index is -0.328. The van der Waals surface area contributed by atoms with Crippen LogP contribution in [0.3, 0.4) is 0 Å². The Morgan fingerprint density at radius 3 is 2.40 bits per heavy atom. The lowest BCUT2D eigenvalue weighted by atomic mass is 9.87. The SMILES string of the molecule is CC(C)(C)C(=O)CCc1ccccc1F. The normalized spacial score (nSPS) is 11.5. The molecule has 0 atom stereocenters. The highest BCUT2D eigenvalue weighted by molar-refractivity contribution is 5.83. The molecular weight excluding hydrogens is 191 g/mol. The molecular formula is C13H17FO. The van der Waals surface area contributed by atoms with Gasteiger partial charge >= 0.3 is 0 Å². The van der Waals surface area contributed by atoms with Crippen molar-refractivity contribution in [2.45, 2.75) is 33.6 Å². The Kier molecular flexibility index (Phi) is 3.61. The molecule has 0 spiro atoms. The second kappa shape index (κ2) is 4.56. The van der Waals surface area contributed by atoms with E-state index < -0.39 is 0 Å². The van der Waals surface area contributed by atoms with Crippen LogP contribution < -0.4 is 0 Å². The van der Waals surface area contributed by atoms with Gasteiger partial charge in [0.1, 0.15) is 11.6 Å². The first-order valence-corrected chi connectivity index (χ1v) is 5.18. The predicted molar refractivity (Wildman–Crippen MR) is 59.2 cm³/mol. The van der Waals surface area contributed by atoms with Crippen LogP contribution in [0.5, 0.6) is 0 Å². The maximum absolute atomic E-state index is 13.2. The van der Waals surface area contributed by atoms with E-state index in [0.29, 0.717) is 18.4 Å². The van der Waals surface area contributed by atoms with Gasteiger partial charge < -0.3 is 0 Å². The molecule has 1 aromatic rings. The van der Waals surface area contributed by atoms with Gasteiger partial charge in [-0.1, -0.05) is 39.0 Å². The van der Waals surface area contributed by atoms with E-state index in [1.807, 2.05) is 20.8 Å². The third-order valence-electron chi connectivity index (χ3n) is 2.42. The molecule has 0 aliphatic carbocycles. The molecule has 0 amide bonds. The highest BCUT2D eigenvalue weighted by Gasteiger charge is 2.20. The smallest absolute Gasteiger partial charge is 0.138 e. The molecule has 82 valence electrons. The lowest BCUT2D eigenvalue weighted by Gasteiger charge is -2.16. The van der Waals surface area contributed by atoms with Crippen molar-refractivity contribution in [1.29, 1.82) is 0 Å². The van der Waals surface area contributed by atoms with Gasteiger partial charge in [0.15, 0.2) is 0 Å². The molecule has 1 rings (SSSR count). The third kappa shape index (κ3) is 3.46. The number of benzene rings is 1. The van der Waals surface area contributed by atoms with Gasteiger partial charge in [0, 0.05) is 11.8 Å². The zero-order chi connectivity index (χ0) is 11.5. The fraction of sp³-hybridized carbons (Fsp3) is 0.462. The second-order valence-electron chi connectivity index (χ2n) is 4.76. The average molecular weight is 208 g/mol. The zero-order valence-electron chi connectivity index (χ0n) is 9.51. The number of ketones is 1. The van der Waals surface area contributed by atoms with Gasteiger partial charge in [0.25, 0.3) is 0 Å². The summed E-state index contributed by atoms with van der Waals surface area (Å²) in [6, 6.07) is 6.60. The number of carbonyl (C=O) groups excluding carboxylic acids is 1. The van der Waals surface area contributed by atoms with E-state index in [1.54, 1.807) is 18.2 Å². The topological polar surface area (TPSA) is 17.1 Å². The molecule has 0 saturated heterocycles. The average Bonchev–Trinajstić information content (AvgIpc) is 2.14. The molecule has 0 unspecified atom stereocenters. The Morgan fingerprint density at radius 2 is 1.87 bits per heavy atom. The lowest BCUT2D eigenvalue weighted by molar-refractivity contribution is -0.126. The van der Waals surface area contributed by atoms with E-state index in [1.165, 1.54) is 6.07 Å². The van der Waals surface area contributed by atoms with Gasteiger partial charge in [-0.2, -0.15) is 0 Å². The summed E-state index contributed by atoms with van der Waals surface area (Å²) in [4.78, 5) is 11.6. The predicted octanol–water partition coefficient (Wildman–Crippen LogP) is 3.37. The number of hydrogen-bond donors (Lipinski definition) is 0. The van der Waals surface area contributed by atoms with Gasteiger partial charge in [-0.15, -0.1) is 0 Å². The highest BCUT2D eigenvalue weighted by Crippen LogP contribution is 2.19. The van der Waals surface area contributed by atoms with Crippen molar-refractivity contribution < 1.29 is 9.18 Å². The summed E-state index contributed by atoms with van der Waals surface area (Å²) in [6.07, 6.45) is 0.896. The summed E-state index contributed by atoms with van der Waals surface area (Å²) < 4.78 is 13.2. The van der Waals surface area contributed by atoms with Gasteiger partial charge in [0.2, 0.25) is 0 Å². The monoisotopic (exact) mass is 208 g/mol. The maximum atomic E-state index is 13.2. The van der Waals surface area contributed by atoms with Gasteiger partial charge in [0.05, 0.1) is 0 Å². The molecule has 1 aromatic carbocycles. The van der Waals surface area contributed by atoms with E-state index >= 15 is 0 Å². The first kappa shape index (κ1) is 11.9. The molecule has 0 aliphatic heterocycles. The van der Waals surface area contributed by atoms with Crippen LogP contribution in [0.2, 0.25) is 0 Å². The Morgan fingerprint density at radius 1 is 1.27 bits per heavy atom. The fourth-order valence-electron chi connectivity index (χ4n) is 1.32. The Labute approximate surface area is 90.3 Å². The van der Waals surface area contributed by atoms with Crippen LogP contribution in [0.25, 0.3) is 0 Å². The quantitative estimate of drug-likeness (QED) is 0.744. The van der Waals surface area contributed by atoms with Crippen LogP contribution in [0.15, 0.2) is 24.3 Å². The molecule has 0 radical (unpaired) electrons. The molecule has 1 nitrogen and oxygen atoms in total. The standard InChI is InChI=1S/C13H17FO/c1-13(2,3)12(15)9-8-10-6-4-5-7-11(10)14/h4-7H,8-9H2,1-3H3. The zero-order valence-corrected chi connectivity index (χ0v) is 9.51. The van der Waals surface area contributed by atoms with E-state index in [4.69, 9.17) is 0 Å². The molecule has 0 aliphatic rings. The fourth-order valence-corrected chi connectivity index (χ4v) is 1.32. The highest BCUT2D eigenvalue weighted by atomic mass is 19.1. The van der Waals surface area contributed by atoms with Gasteiger partial charge in [-0.25, -0.2) is 4.39 Å². The summed E-state index contributed by atoms with van der Waals surface area (Å²) in [5.74, 6) is -0.0510. The molecule has 0 fully saturated rings. The van der Waals surface area contributed by atoms with Crippen LogP contribution in [0, 0.1) is 11.2 Å². The minimum Gasteiger partial charge on any atom is -0.299 e. The van der Waals surface area contributed by atoms with Crippen molar-refractivity contribution in [3.8, 4) is 0 Å². The van der Waals surface area contributed by atoms with Crippen LogP contribution in [-0.4, -0.2) is 5.78 Å². The van der Waals surface area contributed by atoms with Crippen LogP contribution in [0.4, 0.5) is 4.39 Å². The molecule has 0 heterocycles. The van der Waals surface area contributed by atoms with Crippen molar-refractivity contribution in [2.75, 3.05) is 0 Å². The van der Waals surface area contributed by atoms with E-state index in [-0.39, 0.29) is 17.0 Å². The van der Waals surface area contributed by atoms with E-state index in [2.05, 4.69) is 0 Å². The number of carbonyl (C=O) groups is 1. The van der Waals surface area contributed by atoms with Gasteiger partial charge in [-0.3, -0.25) is 4.79 Å². The molecule has 15 heavy (non-hydrogen) atoms. The number of rotatable bonds is 3.